The Bertz CT molecular complexity index is 1230. The van der Waals surface area contributed by atoms with Crippen molar-refractivity contribution in [2.75, 3.05) is 23.3 Å². The predicted molar refractivity (Wildman–Crippen MR) is 136 cm³/mol. The van der Waals surface area contributed by atoms with Crippen LogP contribution in [0.1, 0.15) is 32.0 Å². The molecule has 3 heterocycles. The van der Waals surface area contributed by atoms with Crippen LogP contribution in [0.15, 0.2) is 42.7 Å². The molecule has 1 aliphatic rings. The number of nitrogens with one attached hydrogen (secondary N) is 1. The first-order valence-electron chi connectivity index (χ1n) is 12.2. The molecule has 37 heavy (non-hydrogen) atoms. The molecule has 5 N–H and O–H groups in total. The number of aliphatic hydroxyl groups is 2. The fourth-order valence-corrected chi connectivity index (χ4v) is 4.71. The van der Waals surface area contributed by atoms with E-state index in [1.54, 1.807) is 12.4 Å². The van der Waals surface area contributed by atoms with Crippen LogP contribution in [0.25, 0.3) is 11.3 Å². The van der Waals surface area contributed by atoms with Gasteiger partial charge in [0.25, 0.3) is 0 Å². The Labute approximate surface area is 214 Å². The summed E-state index contributed by atoms with van der Waals surface area (Å²) in [5.74, 6) is -2.79. The molecular formula is C27H32F3N5O2. The highest BCUT2D eigenvalue weighted by atomic mass is 19.1. The first kappa shape index (κ1) is 26.8. The lowest BCUT2D eigenvalue weighted by molar-refractivity contribution is 0.0785. The summed E-state index contributed by atoms with van der Waals surface area (Å²) in [6.07, 6.45) is 2.75. The number of hydrogen-bond acceptors (Lipinski definition) is 7. The van der Waals surface area contributed by atoms with Crippen LogP contribution in [0.2, 0.25) is 0 Å². The van der Waals surface area contributed by atoms with Gasteiger partial charge in [0.1, 0.15) is 23.1 Å². The molecule has 3 atom stereocenters. The number of nitrogens with two attached hydrogens (primary N) is 1. The minimum Gasteiger partial charge on any atom is -0.391 e. The van der Waals surface area contributed by atoms with Crippen LogP contribution in [0.4, 0.5) is 24.5 Å². The van der Waals surface area contributed by atoms with Crippen molar-refractivity contribution in [2.24, 2.45) is 11.7 Å². The second-order valence-electron chi connectivity index (χ2n) is 10.3. The molecular weight excluding hydrogens is 483 g/mol. The van der Waals surface area contributed by atoms with Gasteiger partial charge in [0.2, 0.25) is 0 Å². The van der Waals surface area contributed by atoms with E-state index >= 15 is 0 Å². The zero-order valence-corrected chi connectivity index (χ0v) is 21.0. The van der Waals surface area contributed by atoms with Crippen molar-refractivity contribution in [1.82, 2.24) is 9.97 Å². The van der Waals surface area contributed by atoms with Gasteiger partial charge in [0, 0.05) is 37.7 Å². The molecule has 1 aliphatic heterocycles. The lowest BCUT2D eigenvalue weighted by Gasteiger charge is -2.40. The van der Waals surface area contributed by atoms with Crippen molar-refractivity contribution in [2.45, 2.75) is 51.5 Å². The molecule has 0 saturated carbocycles. The summed E-state index contributed by atoms with van der Waals surface area (Å²) in [4.78, 5) is 10.4. The van der Waals surface area contributed by atoms with E-state index in [2.05, 4.69) is 20.2 Å². The zero-order valence-electron chi connectivity index (χ0n) is 21.0. The smallest absolute Gasteiger partial charge is 0.149 e. The molecule has 7 nitrogen and oxygen atoms in total. The summed E-state index contributed by atoms with van der Waals surface area (Å²) >= 11 is 0. The van der Waals surface area contributed by atoms with Gasteiger partial charge in [-0.25, -0.2) is 18.2 Å². The van der Waals surface area contributed by atoms with E-state index in [4.69, 9.17) is 5.73 Å². The van der Waals surface area contributed by atoms with E-state index in [0.717, 1.165) is 23.9 Å². The molecule has 1 fully saturated rings. The van der Waals surface area contributed by atoms with Crippen LogP contribution in [-0.2, 0) is 13.0 Å². The van der Waals surface area contributed by atoms with Crippen LogP contribution in [0.3, 0.4) is 0 Å². The topological polar surface area (TPSA) is 108 Å². The summed E-state index contributed by atoms with van der Waals surface area (Å²) in [6.45, 7) is 6.21. The van der Waals surface area contributed by atoms with Gasteiger partial charge < -0.3 is 26.2 Å². The molecule has 0 amide bonds. The summed E-state index contributed by atoms with van der Waals surface area (Å²) in [6, 6.07) is 6.18. The SMILES string of the molecule is CC1CN(c2ccncc2NCc2ccc(F)c(-c3c(F)cc(CC(C)(C)O)cc3F)n2)CC(N)C1O. The van der Waals surface area contributed by atoms with Gasteiger partial charge in [-0.15, -0.1) is 0 Å². The van der Waals surface area contributed by atoms with Crippen molar-refractivity contribution in [3.8, 4) is 11.3 Å². The maximum absolute atomic E-state index is 14.9. The maximum atomic E-state index is 14.9. The van der Waals surface area contributed by atoms with Gasteiger partial charge in [-0.3, -0.25) is 4.98 Å². The minimum absolute atomic E-state index is 0.0225. The van der Waals surface area contributed by atoms with Crippen molar-refractivity contribution in [3.05, 3.63) is 71.4 Å². The van der Waals surface area contributed by atoms with Gasteiger partial charge in [0.15, 0.2) is 0 Å². The summed E-state index contributed by atoms with van der Waals surface area (Å²) in [7, 11) is 0. The van der Waals surface area contributed by atoms with E-state index in [-0.39, 0.29) is 24.4 Å². The molecule has 0 bridgehead atoms. The van der Waals surface area contributed by atoms with Crippen LogP contribution < -0.4 is 16.0 Å². The Kier molecular flexibility index (Phi) is 7.72. The van der Waals surface area contributed by atoms with Crippen molar-refractivity contribution >= 4 is 11.4 Å². The summed E-state index contributed by atoms with van der Waals surface area (Å²) in [5, 5.41) is 23.4. The number of aromatic nitrogens is 2. The van der Waals surface area contributed by atoms with Gasteiger partial charge in [-0.05, 0) is 49.7 Å². The third kappa shape index (κ3) is 6.20. The molecule has 3 unspecified atom stereocenters. The number of aliphatic hydroxyl groups excluding tert-OH is 1. The van der Waals surface area contributed by atoms with Crippen LogP contribution in [0.5, 0.6) is 0 Å². The van der Waals surface area contributed by atoms with E-state index in [0.29, 0.717) is 24.5 Å². The molecule has 2 aromatic heterocycles. The molecule has 1 aromatic carbocycles. The number of benzene rings is 1. The quantitative estimate of drug-likeness (QED) is 0.381. The van der Waals surface area contributed by atoms with Gasteiger partial charge in [0.05, 0.1) is 47.1 Å². The van der Waals surface area contributed by atoms with Gasteiger partial charge in [-0.1, -0.05) is 6.92 Å². The van der Waals surface area contributed by atoms with Crippen LogP contribution in [0, 0.1) is 23.4 Å². The highest BCUT2D eigenvalue weighted by Gasteiger charge is 2.31. The van der Waals surface area contributed by atoms with Crippen LogP contribution >= 0.6 is 0 Å². The third-order valence-corrected chi connectivity index (χ3v) is 6.44. The van der Waals surface area contributed by atoms with Crippen molar-refractivity contribution in [3.63, 3.8) is 0 Å². The van der Waals surface area contributed by atoms with E-state index in [1.165, 1.54) is 19.9 Å². The number of anilines is 2. The Balaban J connectivity index is 1.57. The molecule has 198 valence electrons. The highest BCUT2D eigenvalue weighted by molar-refractivity contribution is 5.69. The Morgan fingerprint density at radius 1 is 1.11 bits per heavy atom. The van der Waals surface area contributed by atoms with Gasteiger partial charge in [-0.2, -0.15) is 0 Å². The van der Waals surface area contributed by atoms with E-state index < -0.39 is 46.5 Å². The number of nitrogens with zero attached hydrogens (tertiary/aromatic N) is 3. The van der Waals surface area contributed by atoms with E-state index in [9.17, 15) is 23.4 Å². The average Bonchev–Trinajstić information content (AvgIpc) is 2.81. The number of piperidine rings is 1. The fraction of sp³-hybridized carbons (Fsp3) is 0.407. The average molecular weight is 516 g/mol. The highest BCUT2D eigenvalue weighted by Crippen LogP contribution is 2.31. The van der Waals surface area contributed by atoms with Crippen molar-refractivity contribution in [1.29, 1.82) is 0 Å². The minimum atomic E-state index is -1.16. The molecule has 0 aliphatic carbocycles. The largest absolute Gasteiger partial charge is 0.391 e. The molecule has 10 heteroatoms. The normalized spacial score (nSPS) is 20.2. The van der Waals surface area contributed by atoms with Gasteiger partial charge >= 0.3 is 0 Å². The summed E-state index contributed by atoms with van der Waals surface area (Å²) in [5.41, 5.74) is 6.11. The molecule has 0 radical (unpaired) electrons. The second-order valence-corrected chi connectivity index (χ2v) is 10.3. The molecule has 0 spiro atoms. The maximum Gasteiger partial charge on any atom is 0.149 e. The monoisotopic (exact) mass is 515 g/mol. The number of pyridine rings is 2. The first-order chi connectivity index (χ1) is 17.4. The standard InChI is InChI=1S/C27H32F3N5O2/c1-15-13-35(14-21(31)26(15)36)23-6-7-32-12-22(23)33-11-17-4-5-18(28)25(34-17)24-19(29)8-16(9-20(24)30)10-27(2,3)37/h4-9,12,15,21,26,33,36-37H,10-11,13-14,31H2,1-3H3. The Morgan fingerprint density at radius 3 is 2.46 bits per heavy atom. The summed E-state index contributed by atoms with van der Waals surface area (Å²) < 4.78 is 44.5. The molecule has 3 aromatic rings. The second kappa shape index (κ2) is 10.6. The van der Waals surface area contributed by atoms with Crippen LogP contribution in [-0.4, -0.2) is 51.0 Å². The third-order valence-electron chi connectivity index (χ3n) is 6.44. The molecule has 1 saturated heterocycles. The number of halogens is 3. The number of rotatable bonds is 7. The van der Waals surface area contributed by atoms with E-state index in [1.807, 2.05) is 13.0 Å². The first-order valence-corrected chi connectivity index (χ1v) is 12.2. The Morgan fingerprint density at radius 2 is 1.81 bits per heavy atom. The van der Waals surface area contributed by atoms with Crippen molar-refractivity contribution < 1.29 is 23.4 Å². The lowest BCUT2D eigenvalue weighted by Crippen LogP contribution is -2.55. The molecule has 4 rings (SSSR count). The number of hydrogen-bond donors (Lipinski definition) is 4. The lowest BCUT2D eigenvalue weighted by atomic mass is 9.92. The Hall–Kier alpha value is -3.21. The predicted octanol–water partition coefficient (Wildman–Crippen LogP) is 3.63. The zero-order chi connectivity index (χ0) is 26.9. The fourth-order valence-electron chi connectivity index (χ4n) is 4.71.